The van der Waals surface area contributed by atoms with Crippen molar-refractivity contribution < 1.29 is 4.79 Å². The summed E-state index contributed by atoms with van der Waals surface area (Å²) in [6, 6.07) is 0.0756. The van der Waals surface area contributed by atoms with Gasteiger partial charge in [0, 0.05) is 18.8 Å². The van der Waals surface area contributed by atoms with Crippen LogP contribution in [0.5, 0.6) is 0 Å². The Kier molecular flexibility index (Phi) is 6.35. The normalized spacial score (nSPS) is 14.2. The van der Waals surface area contributed by atoms with Crippen molar-refractivity contribution in [1.82, 2.24) is 25.6 Å². The Bertz CT molecular complexity index is 338. The Hall–Kier alpha value is -1.43. The molecule has 0 aliphatic carbocycles. The minimum absolute atomic E-state index is 0.0603. The first-order valence-electron chi connectivity index (χ1n) is 6.51. The molecule has 0 radical (unpaired) electrons. The number of amides is 1. The summed E-state index contributed by atoms with van der Waals surface area (Å²) < 4.78 is 1.78. The quantitative estimate of drug-likeness (QED) is 0.664. The molecule has 0 aliphatic rings. The van der Waals surface area contributed by atoms with Crippen molar-refractivity contribution in [3.05, 3.63) is 12.4 Å². The van der Waals surface area contributed by atoms with Crippen molar-refractivity contribution in [2.75, 3.05) is 6.54 Å². The predicted molar refractivity (Wildman–Crippen MR) is 70.0 cm³/mol. The van der Waals surface area contributed by atoms with Gasteiger partial charge in [-0.25, -0.2) is 0 Å². The molecule has 0 saturated carbocycles. The first-order valence-corrected chi connectivity index (χ1v) is 6.51. The van der Waals surface area contributed by atoms with Gasteiger partial charge < -0.3 is 10.6 Å². The van der Waals surface area contributed by atoms with E-state index in [-0.39, 0.29) is 18.0 Å². The number of aromatic nitrogens is 3. The smallest absolute Gasteiger partial charge is 0.237 e. The molecule has 0 bridgehead atoms. The van der Waals surface area contributed by atoms with E-state index in [1.165, 1.54) is 0 Å². The third-order valence-corrected chi connectivity index (χ3v) is 2.88. The molecule has 6 nitrogen and oxygen atoms in total. The molecule has 0 aromatic carbocycles. The average molecular weight is 253 g/mol. The standard InChI is InChI=1S/C12H23N5O/c1-4-10(2)15-12(18)11(3)13-6-5-8-17-9-7-14-16-17/h7,9-11,13H,4-6,8H2,1-3H3,(H,15,18). The second kappa shape index (κ2) is 7.81. The molecule has 2 N–H and O–H groups in total. The molecule has 2 atom stereocenters. The van der Waals surface area contributed by atoms with E-state index in [1.54, 1.807) is 10.9 Å². The van der Waals surface area contributed by atoms with Crippen LogP contribution in [-0.4, -0.2) is 39.5 Å². The van der Waals surface area contributed by atoms with Crippen molar-refractivity contribution >= 4 is 5.91 Å². The van der Waals surface area contributed by atoms with Crippen LogP contribution in [0.15, 0.2) is 12.4 Å². The fraction of sp³-hybridized carbons (Fsp3) is 0.750. The topological polar surface area (TPSA) is 71.8 Å². The van der Waals surface area contributed by atoms with E-state index in [9.17, 15) is 4.79 Å². The predicted octanol–water partition coefficient (Wildman–Crippen LogP) is 0.561. The van der Waals surface area contributed by atoms with Gasteiger partial charge >= 0.3 is 0 Å². The number of nitrogens with one attached hydrogen (secondary N) is 2. The van der Waals surface area contributed by atoms with Crippen LogP contribution in [0.3, 0.4) is 0 Å². The van der Waals surface area contributed by atoms with Gasteiger partial charge in [-0.2, -0.15) is 0 Å². The highest BCUT2D eigenvalue weighted by Gasteiger charge is 2.13. The number of hydrogen-bond donors (Lipinski definition) is 2. The van der Waals surface area contributed by atoms with Gasteiger partial charge in [-0.15, -0.1) is 5.10 Å². The van der Waals surface area contributed by atoms with Crippen LogP contribution in [-0.2, 0) is 11.3 Å². The number of aryl methyl sites for hydroxylation is 1. The van der Waals surface area contributed by atoms with Gasteiger partial charge in [0.2, 0.25) is 5.91 Å². The van der Waals surface area contributed by atoms with Gasteiger partial charge in [0.1, 0.15) is 0 Å². The maximum Gasteiger partial charge on any atom is 0.237 e. The lowest BCUT2D eigenvalue weighted by Crippen LogP contribution is -2.45. The highest BCUT2D eigenvalue weighted by atomic mass is 16.2. The summed E-state index contributed by atoms with van der Waals surface area (Å²) in [5.41, 5.74) is 0. The summed E-state index contributed by atoms with van der Waals surface area (Å²) in [5, 5.41) is 13.8. The van der Waals surface area contributed by atoms with Gasteiger partial charge in [0.05, 0.1) is 12.2 Å². The lowest BCUT2D eigenvalue weighted by atomic mass is 10.2. The summed E-state index contributed by atoms with van der Waals surface area (Å²) in [6.45, 7) is 7.55. The minimum Gasteiger partial charge on any atom is -0.352 e. The Labute approximate surface area is 108 Å². The molecule has 1 amide bonds. The number of carbonyl (C=O) groups is 1. The van der Waals surface area contributed by atoms with Crippen LogP contribution in [0.2, 0.25) is 0 Å². The second-order valence-corrected chi connectivity index (χ2v) is 4.51. The third kappa shape index (κ3) is 5.27. The number of carbonyl (C=O) groups excluding carboxylic acids is 1. The van der Waals surface area contributed by atoms with Crippen LogP contribution < -0.4 is 10.6 Å². The Balaban J connectivity index is 2.12. The van der Waals surface area contributed by atoms with Gasteiger partial charge in [0.15, 0.2) is 0 Å². The fourth-order valence-corrected chi connectivity index (χ4v) is 1.47. The molecule has 1 heterocycles. The summed E-state index contributed by atoms with van der Waals surface area (Å²) in [4.78, 5) is 11.7. The van der Waals surface area contributed by atoms with Crippen molar-refractivity contribution in [3.63, 3.8) is 0 Å². The third-order valence-electron chi connectivity index (χ3n) is 2.88. The molecule has 1 aromatic rings. The van der Waals surface area contributed by atoms with Crippen LogP contribution in [0.25, 0.3) is 0 Å². The van der Waals surface area contributed by atoms with E-state index < -0.39 is 0 Å². The SMILES string of the molecule is CCC(C)NC(=O)C(C)NCCCn1ccnn1. The number of nitrogens with zero attached hydrogens (tertiary/aromatic N) is 3. The van der Waals surface area contributed by atoms with E-state index in [1.807, 2.05) is 20.0 Å². The Morgan fingerprint density at radius 3 is 2.83 bits per heavy atom. The zero-order valence-electron chi connectivity index (χ0n) is 11.4. The summed E-state index contributed by atoms with van der Waals surface area (Å²) >= 11 is 0. The second-order valence-electron chi connectivity index (χ2n) is 4.51. The lowest BCUT2D eigenvalue weighted by molar-refractivity contribution is -0.123. The number of rotatable bonds is 8. The van der Waals surface area contributed by atoms with Crippen LogP contribution >= 0.6 is 0 Å². The van der Waals surface area contributed by atoms with Crippen LogP contribution in [0.4, 0.5) is 0 Å². The minimum atomic E-state index is -0.158. The highest BCUT2D eigenvalue weighted by Crippen LogP contribution is 1.92. The van der Waals surface area contributed by atoms with E-state index in [0.29, 0.717) is 0 Å². The molecular weight excluding hydrogens is 230 g/mol. The van der Waals surface area contributed by atoms with E-state index >= 15 is 0 Å². The molecule has 0 spiro atoms. The average Bonchev–Trinajstić information content (AvgIpc) is 2.87. The molecule has 1 rings (SSSR count). The maximum absolute atomic E-state index is 11.7. The monoisotopic (exact) mass is 253 g/mol. The van der Waals surface area contributed by atoms with Gasteiger partial charge in [-0.1, -0.05) is 12.1 Å². The lowest BCUT2D eigenvalue weighted by Gasteiger charge is -2.17. The Morgan fingerprint density at radius 1 is 1.44 bits per heavy atom. The van der Waals surface area contributed by atoms with E-state index in [0.717, 1.165) is 25.9 Å². The molecule has 0 saturated heterocycles. The molecule has 102 valence electrons. The van der Waals surface area contributed by atoms with Gasteiger partial charge in [0.25, 0.3) is 0 Å². The van der Waals surface area contributed by atoms with Crippen LogP contribution in [0.1, 0.15) is 33.6 Å². The van der Waals surface area contributed by atoms with Crippen molar-refractivity contribution in [3.8, 4) is 0 Å². The molecular formula is C12H23N5O. The molecule has 2 unspecified atom stereocenters. The molecule has 6 heteroatoms. The fourth-order valence-electron chi connectivity index (χ4n) is 1.47. The van der Waals surface area contributed by atoms with Gasteiger partial charge in [-0.05, 0) is 33.2 Å². The Morgan fingerprint density at radius 2 is 2.22 bits per heavy atom. The van der Waals surface area contributed by atoms with E-state index in [2.05, 4.69) is 27.9 Å². The molecule has 0 fully saturated rings. The van der Waals surface area contributed by atoms with Crippen molar-refractivity contribution in [2.24, 2.45) is 0 Å². The highest BCUT2D eigenvalue weighted by molar-refractivity contribution is 5.81. The molecule has 1 aromatic heterocycles. The maximum atomic E-state index is 11.7. The summed E-state index contributed by atoms with van der Waals surface area (Å²) in [5.74, 6) is 0.0603. The van der Waals surface area contributed by atoms with Gasteiger partial charge in [-0.3, -0.25) is 9.48 Å². The zero-order chi connectivity index (χ0) is 13.4. The zero-order valence-corrected chi connectivity index (χ0v) is 11.4. The number of hydrogen-bond acceptors (Lipinski definition) is 4. The van der Waals surface area contributed by atoms with E-state index in [4.69, 9.17) is 0 Å². The first kappa shape index (κ1) is 14.6. The summed E-state index contributed by atoms with van der Waals surface area (Å²) in [6.07, 6.45) is 5.36. The van der Waals surface area contributed by atoms with Crippen LogP contribution in [0, 0.1) is 0 Å². The summed E-state index contributed by atoms with van der Waals surface area (Å²) in [7, 11) is 0. The molecule has 18 heavy (non-hydrogen) atoms. The van der Waals surface area contributed by atoms with Crippen molar-refractivity contribution in [1.29, 1.82) is 0 Å². The largest absolute Gasteiger partial charge is 0.352 e. The van der Waals surface area contributed by atoms with Crippen molar-refractivity contribution in [2.45, 2.75) is 52.2 Å². The first-order chi connectivity index (χ1) is 8.63. The molecule has 0 aliphatic heterocycles.